The maximum absolute atomic E-state index is 14.7. The highest BCUT2D eigenvalue weighted by Crippen LogP contribution is 2.39. The van der Waals surface area contributed by atoms with Gasteiger partial charge in [0.2, 0.25) is 0 Å². The van der Waals surface area contributed by atoms with E-state index >= 15 is 0 Å². The molecular formula is C33H43F3O. The van der Waals surface area contributed by atoms with Crippen molar-refractivity contribution in [2.45, 2.75) is 102 Å². The smallest absolute Gasteiger partial charge is 0.316 e. The number of halogens is 3. The van der Waals surface area contributed by atoms with Gasteiger partial charge >= 0.3 is 6.11 Å². The Morgan fingerprint density at radius 2 is 1.51 bits per heavy atom. The van der Waals surface area contributed by atoms with Crippen molar-refractivity contribution < 1.29 is 17.9 Å². The fourth-order valence-electron chi connectivity index (χ4n) is 6.32. The molecule has 2 aromatic carbocycles. The lowest BCUT2D eigenvalue weighted by Crippen LogP contribution is -2.22. The molecule has 0 unspecified atom stereocenters. The van der Waals surface area contributed by atoms with Gasteiger partial charge in [-0.3, -0.25) is 0 Å². The van der Waals surface area contributed by atoms with Crippen molar-refractivity contribution >= 4 is 0 Å². The normalized spacial score (nSPS) is 24.6. The van der Waals surface area contributed by atoms with Crippen LogP contribution in [0.5, 0.6) is 0 Å². The molecule has 4 heteroatoms. The molecule has 0 aromatic heterocycles. The standard InChI is InChI=1S/C33H43F3O/c1-3-5-6-25-9-15-27(16-10-25)28-17-11-26(12-18-28)21-22-37-33(35,36)31-20-19-30(23-32(31)34)29-13-7-24(4-2)8-14-29/h4,11-12,17-20,23-25,27,29H,2-3,5-10,13-16,21-22H2,1H3. The Morgan fingerprint density at radius 1 is 0.892 bits per heavy atom. The average molecular weight is 513 g/mol. The Hall–Kier alpha value is -2.07. The van der Waals surface area contributed by atoms with Crippen molar-refractivity contribution in [2.24, 2.45) is 11.8 Å². The summed E-state index contributed by atoms with van der Waals surface area (Å²) < 4.78 is 49.1. The zero-order valence-electron chi connectivity index (χ0n) is 22.4. The summed E-state index contributed by atoms with van der Waals surface area (Å²) in [5.74, 6) is 1.32. The fourth-order valence-corrected chi connectivity index (χ4v) is 6.32. The first-order valence-electron chi connectivity index (χ1n) is 14.4. The van der Waals surface area contributed by atoms with Crippen LogP contribution < -0.4 is 0 Å². The van der Waals surface area contributed by atoms with Crippen LogP contribution in [0.1, 0.15) is 112 Å². The Kier molecular flexibility index (Phi) is 9.92. The minimum Gasteiger partial charge on any atom is -0.316 e. The van der Waals surface area contributed by atoms with E-state index in [0.717, 1.165) is 42.7 Å². The molecule has 4 rings (SSSR count). The van der Waals surface area contributed by atoms with Crippen LogP contribution in [0.2, 0.25) is 0 Å². The molecule has 0 spiro atoms. The van der Waals surface area contributed by atoms with Crippen LogP contribution in [-0.2, 0) is 17.3 Å². The van der Waals surface area contributed by atoms with E-state index in [1.54, 1.807) is 6.07 Å². The van der Waals surface area contributed by atoms with Crippen LogP contribution in [0.15, 0.2) is 55.1 Å². The van der Waals surface area contributed by atoms with Gasteiger partial charge in [-0.15, -0.1) is 6.58 Å². The third-order valence-corrected chi connectivity index (χ3v) is 8.82. The van der Waals surface area contributed by atoms with Crippen LogP contribution >= 0.6 is 0 Å². The minimum atomic E-state index is -3.65. The Balaban J connectivity index is 1.26. The first-order chi connectivity index (χ1) is 17.9. The van der Waals surface area contributed by atoms with Gasteiger partial charge in [0.15, 0.2) is 0 Å². The molecule has 1 nitrogen and oxygen atoms in total. The van der Waals surface area contributed by atoms with Crippen molar-refractivity contribution in [3.63, 3.8) is 0 Å². The third kappa shape index (κ3) is 7.50. The molecule has 0 saturated heterocycles. The molecular weight excluding hydrogens is 469 g/mol. The van der Waals surface area contributed by atoms with Gasteiger partial charge in [0, 0.05) is 0 Å². The predicted octanol–water partition coefficient (Wildman–Crippen LogP) is 10.1. The zero-order valence-corrected chi connectivity index (χ0v) is 22.4. The largest absolute Gasteiger partial charge is 0.386 e. The second kappa shape index (κ2) is 13.1. The Labute approximate surface area is 221 Å². The van der Waals surface area contributed by atoms with Crippen molar-refractivity contribution in [3.8, 4) is 0 Å². The highest BCUT2D eigenvalue weighted by Gasteiger charge is 2.36. The monoisotopic (exact) mass is 512 g/mol. The van der Waals surface area contributed by atoms with Crippen molar-refractivity contribution in [2.75, 3.05) is 6.61 Å². The van der Waals surface area contributed by atoms with E-state index in [0.29, 0.717) is 18.3 Å². The van der Waals surface area contributed by atoms with Crippen LogP contribution in [0, 0.1) is 17.7 Å². The van der Waals surface area contributed by atoms with Crippen LogP contribution in [0.25, 0.3) is 0 Å². The molecule has 2 aliphatic carbocycles. The van der Waals surface area contributed by atoms with Gasteiger partial charge in [-0.1, -0.05) is 62.6 Å². The molecule has 0 radical (unpaired) electrons. The highest BCUT2D eigenvalue weighted by atomic mass is 19.3. The van der Waals surface area contributed by atoms with E-state index in [2.05, 4.69) is 25.6 Å². The molecule has 2 aliphatic rings. The Bertz CT molecular complexity index is 983. The summed E-state index contributed by atoms with van der Waals surface area (Å²) in [6.07, 6.45) is 11.6. The summed E-state index contributed by atoms with van der Waals surface area (Å²) in [5, 5.41) is 0. The number of benzene rings is 2. The molecule has 202 valence electrons. The predicted molar refractivity (Wildman–Crippen MR) is 146 cm³/mol. The van der Waals surface area contributed by atoms with E-state index < -0.39 is 17.5 Å². The Morgan fingerprint density at radius 3 is 2.14 bits per heavy atom. The van der Waals surface area contributed by atoms with Gasteiger partial charge in [0.1, 0.15) is 5.82 Å². The number of alkyl halides is 2. The zero-order chi connectivity index (χ0) is 26.3. The van der Waals surface area contributed by atoms with Gasteiger partial charge in [-0.05, 0) is 110 Å². The first-order valence-corrected chi connectivity index (χ1v) is 14.4. The maximum atomic E-state index is 14.7. The van der Waals surface area contributed by atoms with Gasteiger partial charge in [-0.25, -0.2) is 4.39 Å². The van der Waals surface area contributed by atoms with Crippen LogP contribution in [0.4, 0.5) is 13.2 Å². The van der Waals surface area contributed by atoms with Gasteiger partial charge in [-0.2, -0.15) is 8.78 Å². The van der Waals surface area contributed by atoms with Gasteiger partial charge < -0.3 is 4.74 Å². The third-order valence-electron chi connectivity index (χ3n) is 8.82. The molecule has 0 aliphatic heterocycles. The summed E-state index contributed by atoms with van der Waals surface area (Å²) in [6, 6.07) is 12.5. The average Bonchev–Trinajstić information content (AvgIpc) is 2.92. The molecule has 37 heavy (non-hydrogen) atoms. The van der Waals surface area contributed by atoms with Crippen LogP contribution in [-0.4, -0.2) is 6.61 Å². The van der Waals surface area contributed by atoms with Crippen molar-refractivity contribution in [1.29, 1.82) is 0 Å². The van der Waals surface area contributed by atoms with E-state index in [4.69, 9.17) is 4.74 Å². The number of hydrogen-bond donors (Lipinski definition) is 0. The summed E-state index contributed by atoms with van der Waals surface area (Å²) >= 11 is 0. The maximum Gasteiger partial charge on any atom is 0.386 e. The molecule has 0 bridgehead atoms. The summed E-state index contributed by atoms with van der Waals surface area (Å²) in [6.45, 7) is 5.94. The highest BCUT2D eigenvalue weighted by molar-refractivity contribution is 5.30. The molecule has 2 fully saturated rings. The van der Waals surface area contributed by atoms with Crippen molar-refractivity contribution in [3.05, 3.63) is 83.2 Å². The van der Waals surface area contributed by atoms with Gasteiger partial charge in [0.25, 0.3) is 0 Å². The van der Waals surface area contributed by atoms with Crippen molar-refractivity contribution in [1.82, 2.24) is 0 Å². The summed E-state index contributed by atoms with van der Waals surface area (Å²) in [5.41, 5.74) is 2.43. The van der Waals surface area contributed by atoms with E-state index in [-0.39, 0.29) is 12.5 Å². The second-order valence-electron chi connectivity index (χ2n) is 11.3. The molecule has 2 aromatic rings. The first kappa shape index (κ1) is 28.0. The lowest BCUT2D eigenvalue weighted by molar-refractivity contribution is -0.249. The minimum absolute atomic E-state index is 0.165. The van der Waals surface area contributed by atoms with E-state index in [1.807, 2.05) is 18.2 Å². The lowest BCUT2D eigenvalue weighted by atomic mass is 9.77. The summed E-state index contributed by atoms with van der Waals surface area (Å²) in [7, 11) is 0. The molecule has 0 amide bonds. The summed E-state index contributed by atoms with van der Waals surface area (Å²) in [4.78, 5) is 0. The number of hydrogen-bond acceptors (Lipinski definition) is 1. The fraction of sp³-hybridized carbons (Fsp3) is 0.576. The SMILES string of the molecule is C=CC1CCC(c2ccc(C(F)(F)OCCc3ccc(C4CCC(CCCC)CC4)cc3)c(F)c2)CC1. The number of allylic oxidation sites excluding steroid dienone is 1. The van der Waals surface area contributed by atoms with Crippen LogP contribution in [0.3, 0.4) is 0 Å². The van der Waals surface area contributed by atoms with Gasteiger partial charge in [0.05, 0.1) is 12.2 Å². The van der Waals surface area contributed by atoms with E-state index in [1.165, 1.54) is 62.6 Å². The number of unbranched alkanes of at least 4 members (excludes halogenated alkanes) is 1. The molecule has 0 atom stereocenters. The number of ether oxygens (including phenoxy) is 1. The number of rotatable bonds is 11. The lowest BCUT2D eigenvalue weighted by Gasteiger charge is -2.29. The molecule has 0 N–H and O–H groups in total. The second-order valence-corrected chi connectivity index (χ2v) is 11.3. The topological polar surface area (TPSA) is 9.23 Å². The van der Waals surface area contributed by atoms with E-state index in [9.17, 15) is 13.2 Å². The molecule has 2 saturated carbocycles. The molecule has 0 heterocycles. The quantitative estimate of drug-likeness (QED) is 0.272.